The van der Waals surface area contributed by atoms with Crippen molar-refractivity contribution in [2.75, 3.05) is 26.4 Å². The summed E-state index contributed by atoms with van der Waals surface area (Å²) in [5, 5.41) is 9.91. The van der Waals surface area contributed by atoms with E-state index in [4.69, 9.17) is 9.47 Å². The number of Topliss-reactive ketones (excluding diaryl/α,β-unsaturated/α-hetero) is 1. The van der Waals surface area contributed by atoms with E-state index in [0.717, 1.165) is 13.1 Å². The highest BCUT2D eigenvalue weighted by Gasteiger charge is 2.28. The largest absolute Gasteiger partial charge is 0.454 e. The summed E-state index contributed by atoms with van der Waals surface area (Å²) in [6.45, 7) is 3.96. The van der Waals surface area contributed by atoms with Crippen LogP contribution in [0.15, 0.2) is 18.2 Å². The highest BCUT2D eigenvalue weighted by Crippen LogP contribution is 2.32. The molecule has 0 amide bonds. The van der Waals surface area contributed by atoms with Gasteiger partial charge in [0.25, 0.3) is 0 Å². The van der Waals surface area contributed by atoms with Crippen molar-refractivity contribution < 1.29 is 19.4 Å². The van der Waals surface area contributed by atoms with Gasteiger partial charge in [0.15, 0.2) is 17.3 Å². The average molecular weight is 277 g/mol. The van der Waals surface area contributed by atoms with Crippen LogP contribution < -0.4 is 9.47 Å². The number of ether oxygens (including phenoxy) is 2. The number of benzene rings is 1. The summed E-state index contributed by atoms with van der Waals surface area (Å²) in [6.07, 6.45) is 1.42. The molecule has 0 atom stereocenters. The Bertz CT molecular complexity index is 517. The van der Waals surface area contributed by atoms with Crippen molar-refractivity contribution in [2.24, 2.45) is 0 Å². The maximum atomic E-state index is 12.3. The van der Waals surface area contributed by atoms with Gasteiger partial charge in [-0.1, -0.05) is 0 Å². The number of hydrogen-bond acceptors (Lipinski definition) is 5. The molecule has 0 saturated carbocycles. The highest BCUT2D eigenvalue weighted by molar-refractivity contribution is 5.98. The summed E-state index contributed by atoms with van der Waals surface area (Å²) in [6, 6.07) is 5.29. The fourth-order valence-corrected chi connectivity index (χ4v) is 2.56. The van der Waals surface area contributed by atoms with Gasteiger partial charge in [0.1, 0.15) is 0 Å². The second-order valence-electron chi connectivity index (χ2n) is 5.76. The summed E-state index contributed by atoms with van der Waals surface area (Å²) < 4.78 is 10.5. The summed E-state index contributed by atoms with van der Waals surface area (Å²) in [5.41, 5.74) is 0.0600. The Hall–Kier alpha value is -1.59. The van der Waals surface area contributed by atoms with Gasteiger partial charge in [-0.2, -0.15) is 0 Å². The van der Waals surface area contributed by atoms with Gasteiger partial charge < -0.3 is 14.6 Å². The smallest absolute Gasteiger partial charge is 0.231 e. The van der Waals surface area contributed by atoms with Crippen molar-refractivity contribution in [3.63, 3.8) is 0 Å². The molecular weight excluding hydrogens is 258 g/mol. The van der Waals surface area contributed by atoms with Crippen molar-refractivity contribution >= 4 is 5.78 Å². The predicted molar refractivity (Wildman–Crippen MR) is 73.2 cm³/mol. The van der Waals surface area contributed by atoms with Crippen LogP contribution in [0.2, 0.25) is 0 Å². The summed E-state index contributed by atoms with van der Waals surface area (Å²) in [5.74, 6) is 1.40. The van der Waals surface area contributed by atoms with Crippen molar-refractivity contribution in [1.29, 1.82) is 0 Å². The molecule has 5 heteroatoms. The van der Waals surface area contributed by atoms with Crippen molar-refractivity contribution in [3.8, 4) is 11.5 Å². The van der Waals surface area contributed by atoms with Crippen molar-refractivity contribution in [2.45, 2.75) is 25.4 Å². The number of rotatable bonds is 3. The molecule has 0 bridgehead atoms. The lowest BCUT2D eigenvalue weighted by Crippen LogP contribution is -2.44. The maximum Gasteiger partial charge on any atom is 0.231 e. The molecule has 2 aliphatic heterocycles. The van der Waals surface area contributed by atoms with Gasteiger partial charge in [-0.25, -0.2) is 0 Å². The normalized spacial score (nSPS) is 20.9. The SMILES string of the molecule is CC1(O)CCN(CC(=O)c2ccc3c(c2)OCO3)CC1. The molecule has 0 aliphatic carbocycles. The average Bonchev–Trinajstić information content (AvgIpc) is 2.88. The van der Waals surface area contributed by atoms with E-state index < -0.39 is 5.60 Å². The molecule has 0 radical (unpaired) electrons. The first-order chi connectivity index (χ1) is 9.53. The molecule has 0 spiro atoms. The first kappa shape index (κ1) is 13.4. The third-order valence-electron chi connectivity index (χ3n) is 3.99. The summed E-state index contributed by atoms with van der Waals surface area (Å²) in [7, 11) is 0. The molecule has 1 aromatic rings. The van der Waals surface area contributed by atoms with E-state index in [0.29, 0.717) is 36.4 Å². The molecule has 2 aliphatic rings. The predicted octanol–water partition coefficient (Wildman–Crippen LogP) is 1.44. The van der Waals surface area contributed by atoms with E-state index in [1.165, 1.54) is 0 Å². The molecule has 2 heterocycles. The van der Waals surface area contributed by atoms with Gasteiger partial charge in [-0.15, -0.1) is 0 Å². The maximum absolute atomic E-state index is 12.3. The van der Waals surface area contributed by atoms with Crippen LogP contribution in [0.3, 0.4) is 0 Å². The number of nitrogens with zero attached hydrogens (tertiary/aromatic N) is 1. The zero-order chi connectivity index (χ0) is 14.2. The number of fused-ring (bicyclic) bond motifs is 1. The molecular formula is C15H19NO4. The fourth-order valence-electron chi connectivity index (χ4n) is 2.56. The van der Waals surface area contributed by atoms with Gasteiger partial charge in [0.2, 0.25) is 6.79 Å². The summed E-state index contributed by atoms with van der Waals surface area (Å²) >= 11 is 0. The number of piperidine rings is 1. The topological polar surface area (TPSA) is 59.0 Å². The van der Waals surface area contributed by atoms with Crippen LogP contribution in [0.5, 0.6) is 11.5 Å². The highest BCUT2D eigenvalue weighted by atomic mass is 16.7. The van der Waals surface area contributed by atoms with Crippen LogP contribution in [0.1, 0.15) is 30.1 Å². The second kappa shape index (κ2) is 5.07. The van der Waals surface area contributed by atoms with E-state index >= 15 is 0 Å². The quantitative estimate of drug-likeness (QED) is 0.847. The molecule has 108 valence electrons. The van der Waals surface area contributed by atoms with Gasteiger partial charge in [-0.3, -0.25) is 9.69 Å². The Morgan fingerprint density at radius 2 is 2.00 bits per heavy atom. The molecule has 1 fully saturated rings. The minimum atomic E-state index is -0.585. The van der Waals surface area contributed by atoms with Gasteiger partial charge in [0, 0.05) is 18.7 Å². The lowest BCUT2D eigenvalue weighted by atomic mass is 9.93. The molecule has 1 aromatic carbocycles. The Morgan fingerprint density at radius 3 is 2.75 bits per heavy atom. The zero-order valence-corrected chi connectivity index (χ0v) is 11.6. The van der Waals surface area contributed by atoms with Gasteiger partial charge in [-0.05, 0) is 38.0 Å². The van der Waals surface area contributed by atoms with E-state index in [-0.39, 0.29) is 12.6 Å². The molecule has 20 heavy (non-hydrogen) atoms. The third-order valence-corrected chi connectivity index (χ3v) is 3.99. The Balaban J connectivity index is 1.62. The van der Waals surface area contributed by atoms with Crippen LogP contribution in [0.4, 0.5) is 0 Å². The lowest BCUT2D eigenvalue weighted by molar-refractivity contribution is -0.00420. The van der Waals surface area contributed by atoms with E-state index in [1.807, 2.05) is 6.92 Å². The molecule has 5 nitrogen and oxygen atoms in total. The Kier molecular flexibility index (Phi) is 3.40. The van der Waals surface area contributed by atoms with Crippen molar-refractivity contribution in [1.82, 2.24) is 4.90 Å². The zero-order valence-electron chi connectivity index (χ0n) is 11.6. The second-order valence-corrected chi connectivity index (χ2v) is 5.76. The molecule has 1 saturated heterocycles. The van der Waals surface area contributed by atoms with Crippen LogP contribution in [-0.4, -0.2) is 47.8 Å². The Morgan fingerprint density at radius 1 is 1.30 bits per heavy atom. The van der Waals surface area contributed by atoms with E-state index in [2.05, 4.69) is 4.90 Å². The van der Waals surface area contributed by atoms with Crippen molar-refractivity contribution in [3.05, 3.63) is 23.8 Å². The fraction of sp³-hybridized carbons (Fsp3) is 0.533. The van der Waals surface area contributed by atoms with E-state index in [1.54, 1.807) is 18.2 Å². The monoisotopic (exact) mass is 277 g/mol. The molecule has 1 N–H and O–H groups in total. The third kappa shape index (κ3) is 2.78. The van der Waals surface area contributed by atoms with Crippen LogP contribution in [0.25, 0.3) is 0 Å². The van der Waals surface area contributed by atoms with Crippen LogP contribution in [0, 0.1) is 0 Å². The number of ketones is 1. The minimum absolute atomic E-state index is 0.0739. The summed E-state index contributed by atoms with van der Waals surface area (Å²) in [4.78, 5) is 14.4. The number of hydrogen-bond donors (Lipinski definition) is 1. The number of likely N-dealkylation sites (tertiary alicyclic amines) is 1. The van der Waals surface area contributed by atoms with Crippen LogP contribution in [-0.2, 0) is 0 Å². The number of carbonyl (C=O) groups is 1. The standard InChI is InChI=1S/C15H19NO4/c1-15(18)4-6-16(7-5-15)9-12(17)11-2-3-13-14(8-11)20-10-19-13/h2-3,8,18H,4-7,9-10H2,1H3. The molecule has 3 rings (SSSR count). The van der Waals surface area contributed by atoms with Gasteiger partial charge in [0.05, 0.1) is 12.1 Å². The molecule has 0 unspecified atom stereocenters. The van der Waals surface area contributed by atoms with Gasteiger partial charge >= 0.3 is 0 Å². The first-order valence-corrected chi connectivity index (χ1v) is 6.91. The van der Waals surface area contributed by atoms with Crippen LogP contribution >= 0.6 is 0 Å². The Labute approximate surface area is 118 Å². The number of aliphatic hydroxyl groups is 1. The minimum Gasteiger partial charge on any atom is -0.454 e. The molecule has 0 aromatic heterocycles. The number of carbonyl (C=O) groups excluding carboxylic acids is 1. The first-order valence-electron chi connectivity index (χ1n) is 6.91. The van der Waals surface area contributed by atoms with E-state index in [9.17, 15) is 9.90 Å². The lowest BCUT2D eigenvalue weighted by Gasteiger charge is -2.35.